The van der Waals surface area contributed by atoms with Gasteiger partial charge in [0.2, 0.25) is 5.91 Å². The summed E-state index contributed by atoms with van der Waals surface area (Å²) in [5.74, 6) is 0.790. The van der Waals surface area contributed by atoms with Crippen molar-refractivity contribution in [3.8, 4) is 0 Å². The third kappa shape index (κ3) is 2.81. The summed E-state index contributed by atoms with van der Waals surface area (Å²) in [7, 11) is 1.64. The van der Waals surface area contributed by atoms with Crippen LogP contribution in [-0.2, 0) is 4.79 Å². The molecule has 0 saturated carbocycles. The minimum atomic E-state index is -0.517. The molecule has 1 aliphatic heterocycles. The van der Waals surface area contributed by atoms with Crippen molar-refractivity contribution in [2.24, 2.45) is 5.41 Å². The molecule has 1 aromatic heterocycles. The molecule has 2 N–H and O–H groups in total. The maximum atomic E-state index is 12.8. The molecule has 2 aromatic rings. The van der Waals surface area contributed by atoms with Crippen LogP contribution in [0.15, 0.2) is 18.2 Å². The molecule has 0 aliphatic carbocycles. The van der Waals surface area contributed by atoms with Crippen LogP contribution in [0.4, 0.5) is 0 Å². The average molecular weight is 314 g/mol. The highest BCUT2D eigenvalue weighted by molar-refractivity contribution is 5.98. The summed E-state index contributed by atoms with van der Waals surface area (Å²) in [6.07, 6.45) is 1.64. The van der Waals surface area contributed by atoms with Gasteiger partial charge in [0, 0.05) is 25.7 Å². The van der Waals surface area contributed by atoms with Gasteiger partial charge in [-0.2, -0.15) is 0 Å². The van der Waals surface area contributed by atoms with Crippen LogP contribution in [0.3, 0.4) is 0 Å². The van der Waals surface area contributed by atoms with Crippen LogP contribution in [-0.4, -0.2) is 46.8 Å². The smallest absolute Gasteiger partial charge is 0.253 e. The standard InChI is InChI=1S/C17H22N4O2/c1-11-19-13-6-5-12(9-14(13)20-11)15(22)21-8-4-7-17(2,10-21)16(23)18-3/h5-6,9H,4,7-8,10H2,1-3H3,(H,18,23)(H,19,20). The quantitative estimate of drug-likeness (QED) is 0.888. The Hall–Kier alpha value is -2.37. The fraction of sp³-hybridized carbons (Fsp3) is 0.471. The van der Waals surface area contributed by atoms with Crippen LogP contribution >= 0.6 is 0 Å². The highest BCUT2D eigenvalue weighted by Crippen LogP contribution is 2.30. The van der Waals surface area contributed by atoms with Gasteiger partial charge in [0.1, 0.15) is 5.82 Å². The highest BCUT2D eigenvalue weighted by atomic mass is 16.2. The van der Waals surface area contributed by atoms with E-state index in [-0.39, 0.29) is 11.8 Å². The first-order valence-electron chi connectivity index (χ1n) is 7.91. The Morgan fingerprint density at radius 2 is 2.17 bits per heavy atom. The van der Waals surface area contributed by atoms with Gasteiger partial charge >= 0.3 is 0 Å². The Bertz CT molecular complexity index is 767. The van der Waals surface area contributed by atoms with E-state index in [2.05, 4.69) is 15.3 Å². The Labute approximate surface area is 135 Å². The molecule has 0 radical (unpaired) electrons. The van der Waals surface area contributed by atoms with Crippen molar-refractivity contribution in [1.29, 1.82) is 0 Å². The fourth-order valence-corrected chi connectivity index (χ4v) is 3.35. The van der Waals surface area contributed by atoms with Crippen molar-refractivity contribution in [2.45, 2.75) is 26.7 Å². The topological polar surface area (TPSA) is 78.1 Å². The van der Waals surface area contributed by atoms with E-state index in [1.165, 1.54) is 0 Å². The van der Waals surface area contributed by atoms with Crippen LogP contribution in [0.5, 0.6) is 0 Å². The lowest BCUT2D eigenvalue weighted by Gasteiger charge is -2.39. The van der Waals surface area contributed by atoms with Gasteiger partial charge in [0.25, 0.3) is 5.91 Å². The summed E-state index contributed by atoms with van der Waals surface area (Å²) in [4.78, 5) is 34.2. The maximum absolute atomic E-state index is 12.8. The number of likely N-dealkylation sites (tertiary alicyclic amines) is 1. The van der Waals surface area contributed by atoms with E-state index in [0.717, 1.165) is 29.7 Å². The van der Waals surface area contributed by atoms with Crippen molar-refractivity contribution in [2.75, 3.05) is 20.1 Å². The lowest BCUT2D eigenvalue weighted by Crippen LogP contribution is -2.51. The molecular formula is C17H22N4O2. The first-order chi connectivity index (χ1) is 10.9. The predicted molar refractivity (Wildman–Crippen MR) is 88.1 cm³/mol. The number of imidazole rings is 1. The minimum Gasteiger partial charge on any atom is -0.359 e. The molecule has 2 amide bonds. The molecule has 23 heavy (non-hydrogen) atoms. The largest absolute Gasteiger partial charge is 0.359 e. The number of H-pyrrole nitrogens is 1. The van der Waals surface area contributed by atoms with E-state index in [1.807, 2.05) is 26.0 Å². The van der Waals surface area contributed by atoms with Crippen molar-refractivity contribution in [3.05, 3.63) is 29.6 Å². The SMILES string of the molecule is CNC(=O)C1(C)CCCN(C(=O)c2ccc3nc(C)[nH]c3c2)C1. The number of nitrogens with zero attached hydrogens (tertiary/aromatic N) is 2. The molecule has 1 unspecified atom stereocenters. The van der Waals surface area contributed by atoms with E-state index in [4.69, 9.17) is 0 Å². The van der Waals surface area contributed by atoms with Gasteiger partial charge in [-0.15, -0.1) is 0 Å². The Morgan fingerprint density at radius 1 is 1.39 bits per heavy atom. The average Bonchev–Trinajstić information content (AvgIpc) is 2.92. The number of carbonyl (C=O) groups excluding carboxylic acids is 2. The van der Waals surface area contributed by atoms with Gasteiger partial charge in [-0.1, -0.05) is 0 Å². The van der Waals surface area contributed by atoms with E-state index in [0.29, 0.717) is 18.7 Å². The molecule has 1 saturated heterocycles. The van der Waals surface area contributed by atoms with Crippen LogP contribution in [0.1, 0.15) is 35.9 Å². The number of rotatable bonds is 2. The Kier molecular flexibility index (Phi) is 3.83. The van der Waals surface area contributed by atoms with Gasteiger partial charge in [-0.3, -0.25) is 9.59 Å². The van der Waals surface area contributed by atoms with Gasteiger partial charge in [-0.05, 0) is 44.9 Å². The van der Waals surface area contributed by atoms with Crippen molar-refractivity contribution in [3.63, 3.8) is 0 Å². The Balaban J connectivity index is 1.84. The van der Waals surface area contributed by atoms with E-state index in [9.17, 15) is 9.59 Å². The van der Waals surface area contributed by atoms with Crippen LogP contribution in [0.25, 0.3) is 11.0 Å². The summed E-state index contributed by atoms with van der Waals surface area (Å²) in [5, 5.41) is 2.71. The molecule has 1 fully saturated rings. The van der Waals surface area contributed by atoms with Gasteiger partial charge in [-0.25, -0.2) is 4.98 Å². The summed E-state index contributed by atoms with van der Waals surface area (Å²) < 4.78 is 0. The molecule has 122 valence electrons. The van der Waals surface area contributed by atoms with Gasteiger partial charge < -0.3 is 15.2 Å². The maximum Gasteiger partial charge on any atom is 0.253 e. The number of carbonyl (C=O) groups is 2. The molecule has 3 rings (SSSR count). The number of fused-ring (bicyclic) bond motifs is 1. The van der Waals surface area contributed by atoms with Crippen LogP contribution in [0.2, 0.25) is 0 Å². The number of amides is 2. The lowest BCUT2D eigenvalue weighted by atomic mass is 9.81. The first-order valence-corrected chi connectivity index (χ1v) is 7.91. The second-order valence-electron chi connectivity index (χ2n) is 6.52. The second-order valence-corrected chi connectivity index (χ2v) is 6.52. The number of benzene rings is 1. The normalized spacial score (nSPS) is 21.4. The molecular weight excluding hydrogens is 292 g/mol. The van der Waals surface area contributed by atoms with E-state index < -0.39 is 5.41 Å². The lowest BCUT2D eigenvalue weighted by molar-refractivity contribution is -0.132. The van der Waals surface area contributed by atoms with E-state index >= 15 is 0 Å². The number of aryl methyl sites for hydroxylation is 1. The third-order valence-corrected chi connectivity index (χ3v) is 4.61. The van der Waals surface area contributed by atoms with Crippen molar-refractivity contribution >= 4 is 22.8 Å². The number of nitrogens with one attached hydrogen (secondary N) is 2. The van der Waals surface area contributed by atoms with Gasteiger partial charge in [0.05, 0.1) is 16.4 Å². The summed E-state index contributed by atoms with van der Waals surface area (Å²) in [6, 6.07) is 5.49. The van der Waals surface area contributed by atoms with Crippen LogP contribution in [0, 0.1) is 12.3 Å². The zero-order valence-corrected chi connectivity index (χ0v) is 13.8. The minimum absolute atomic E-state index is 0.00496. The van der Waals surface area contributed by atoms with E-state index in [1.54, 1.807) is 18.0 Å². The monoisotopic (exact) mass is 314 g/mol. The summed E-state index contributed by atoms with van der Waals surface area (Å²) in [5.41, 5.74) is 1.83. The van der Waals surface area contributed by atoms with Crippen molar-refractivity contribution < 1.29 is 9.59 Å². The fourth-order valence-electron chi connectivity index (χ4n) is 3.35. The zero-order valence-electron chi connectivity index (χ0n) is 13.8. The Morgan fingerprint density at radius 3 is 2.91 bits per heavy atom. The molecule has 2 heterocycles. The van der Waals surface area contributed by atoms with Crippen molar-refractivity contribution in [1.82, 2.24) is 20.2 Å². The number of piperidine rings is 1. The third-order valence-electron chi connectivity index (χ3n) is 4.61. The number of hydrogen-bond donors (Lipinski definition) is 2. The highest BCUT2D eigenvalue weighted by Gasteiger charge is 2.38. The first kappa shape index (κ1) is 15.5. The molecule has 1 aliphatic rings. The number of hydrogen-bond acceptors (Lipinski definition) is 3. The summed E-state index contributed by atoms with van der Waals surface area (Å²) >= 11 is 0. The molecule has 1 atom stereocenters. The number of aromatic amines is 1. The second kappa shape index (κ2) is 5.68. The molecule has 6 nitrogen and oxygen atoms in total. The molecule has 0 bridgehead atoms. The molecule has 0 spiro atoms. The summed E-state index contributed by atoms with van der Waals surface area (Å²) in [6.45, 7) is 4.95. The van der Waals surface area contributed by atoms with Crippen LogP contribution < -0.4 is 5.32 Å². The predicted octanol–water partition coefficient (Wildman–Crippen LogP) is 1.86. The molecule has 6 heteroatoms. The molecule has 1 aromatic carbocycles. The van der Waals surface area contributed by atoms with Gasteiger partial charge in [0.15, 0.2) is 0 Å². The zero-order chi connectivity index (χ0) is 16.6. The number of aromatic nitrogens is 2.